The zero-order valence-corrected chi connectivity index (χ0v) is 6.94. The standard InChI is InChI=1S/2CH4N6/c2*2-1-4-5-6-7(1)3/h2*3H2,(H2,2,4,6)/p+1. The molecule has 14 heavy (non-hydrogen) atoms. The molecular formula is C2H9N12+. The normalized spacial score (nSPS) is 9.14. The van der Waals surface area contributed by atoms with Gasteiger partial charge < -0.3 is 17.3 Å². The van der Waals surface area contributed by atoms with Crippen LogP contribution in [-0.2, 0) is 0 Å². The lowest BCUT2D eigenvalue weighted by Gasteiger charge is -1.82. The molecule has 0 fully saturated rings. The average molecular weight is 201 g/mol. The van der Waals surface area contributed by atoms with Crippen molar-refractivity contribution in [2.75, 3.05) is 23.2 Å². The lowest BCUT2D eigenvalue weighted by atomic mass is 11.1. The van der Waals surface area contributed by atoms with Crippen LogP contribution in [0.25, 0.3) is 0 Å². The molecular weight excluding hydrogens is 192 g/mol. The van der Waals surface area contributed by atoms with Crippen LogP contribution in [0, 0.1) is 0 Å². The van der Waals surface area contributed by atoms with Gasteiger partial charge in [0.25, 0.3) is 5.95 Å². The van der Waals surface area contributed by atoms with E-state index >= 15 is 0 Å². The number of H-pyrrole nitrogens is 1. The summed E-state index contributed by atoms with van der Waals surface area (Å²) in [5, 5.41) is 18.5. The summed E-state index contributed by atoms with van der Waals surface area (Å²) in [6.45, 7) is 0. The highest BCUT2D eigenvalue weighted by Crippen LogP contribution is 1.78. The Balaban J connectivity index is 0.000000140. The van der Waals surface area contributed by atoms with Gasteiger partial charge in [-0.15, -0.1) is 4.79 Å². The van der Waals surface area contributed by atoms with E-state index in [2.05, 4.69) is 31.1 Å². The van der Waals surface area contributed by atoms with E-state index in [0.717, 1.165) is 9.58 Å². The lowest BCUT2D eigenvalue weighted by molar-refractivity contribution is -0.687. The van der Waals surface area contributed by atoms with Crippen LogP contribution in [0.1, 0.15) is 0 Å². The first-order valence-electron chi connectivity index (χ1n) is 3.24. The van der Waals surface area contributed by atoms with E-state index in [4.69, 9.17) is 23.2 Å². The Morgan fingerprint density at radius 3 is 2.14 bits per heavy atom. The van der Waals surface area contributed by atoms with Crippen molar-refractivity contribution in [3.8, 4) is 0 Å². The molecule has 0 radical (unpaired) electrons. The highest BCUT2D eigenvalue weighted by Gasteiger charge is 2.00. The van der Waals surface area contributed by atoms with E-state index in [0.29, 0.717) is 0 Å². The Morgan fingerprint density at radius 2 is 2.00 bits per heavy atom. The van der Waals surface area contributed by atoms with Crippen LogP contribution in [0.5, 0.6) is 0 Å². The van der Waals surface area contributed by atoms with Crippen LogP contribution in [-0.4, -0.2) is 35.8 Å². The molecule has 12 heteroatoms. The van der Waals surface area contributed by atoms with E-state index in [1.165, 1.54) is 0 Å². The van der Waals surface area contributed by atoms with Gasteiger partial charge in [-0.2, -0.15) is 0 Å². The summed E-state index contributed by atoms with van der Waals surface area (Å²) in [7, 11) is 0. The Labute approximate surface area is 76.8 Å². The average Bonchev–Trinajstić information content (AvgIpc) is 2.67. The second kappa shape index (κ2) is 3.83. The fourth-order valence-corrected chi connectivity index (χ4v) is 0.422. The second-order valence-electron chi connectivity index (χ2n) is 2.01. The molecule has 2 rings (SSSR count). The van der Waals surface area contributed by atoms with Gasteiger partial charge in [-0.3, -0.25) is 5.84 Å². The number of nitrogens with zero attached hydrogens (tertiary/aromatic N) is 7. The lowest BCUT2D eigenvalue weighted by Crippen LogP contribution is -2.48. The smallest absolute Gasteiger partial charge is 0.365 e. The Morgan fingerprint density at radius 1 is 1.29 bits per heavy atom. The first-order valence-corrected chi connectivity index (χ1v) is 3.24. The molecule has 0 spiro atoms. The number of nitrogen functional groups attached to an aromatic ring is 4. The molecule has 2 aromatic heterocycles. The van der Waals surface area contributed by atoms with Crippen molar-refractivity contribution in [3.63, 3.8) is 0 Å². The number of tetrazole rings is 2. The van der Waals surface area contributed by atoms with Gasteiger partial charge in [0.1, 0.15) is 5.21 Å². The first kappa shape index (κ1) is 9.43. The summed E-state index contributed by atoms with van der Waals surface area (Å²) in [6.07, 6.45) is 0. The molecule has 2 aromatic rings. The SMILES string of the molecule is Nc1nn[nH][n+]1N.Nc1nnnn1N. The van der Waals surface area contributed by atoms with Crippen LogP contribution >= 0.6 is 0 Å². The van der Waals surface area contributed by atoms with Gasteiger partial charge in [-0.05, 0) is 10.4 Å². The number of hydrogen-bond donors (Lipinski definition) is 5. The molecule has 0 saturated carbocycles. The summed E-state index contributed by atoms with van der Waals surface area (Å²) in [4.78, 5) is 1.90. The summed E-state index contributed by atoms with van der Waals surface area (Å²) >= 11 is 0. The molecule has 0 aromatic carbocycles. The fraction of sp³-hybridized carbons (Fsp3) is 0. The second-order valence-corrected chi connectivity index (χ2v) is 2.01. The maximum absolute atomic E-state index is 5.07. The third kappa shape index (κ3) is 2.16. The molecule has 0 amide bonds. The van der Waals surface area contributed by atoms with Crippen molar-refractivity contribution < 1.29 is 4.79 Å². The number of aromatic amines is 1. The molecule has 0 aliphatic rings. The van der Waals surface area contributed by atoms with Crippen molar-refractivity contribution >= 4 is 11.9 Å². The van der Waals surface area contributed by atoms with Gasteiger partial charge in [0.15, 0.2) is 0 Å². The molecule has 0 saturated heterocycles. The topological polar surface area (TPSA) is 193 Å². The van der Waals surface area contributed by atoms with Crippen molar-refractivity contribution in [3.05, 3.63) is 0 Å². The largest absolute Gasteiger partial charge is 0.418 e. The van der Waals surface area contributed by atoms with Crippen LogP contribution < -0.4 is 27.9 Å². The van der Waals surface area contributed by atoms with E-state index < -0.39 is 0 Å². The third-order valence-corrected chi connectivity index (χ3v) is 1.07. The molecule has 2 heterocycles. The van der Waals surface area contributed by atoms with Crippen LogP contribution in [0.2, 0.25) is 0 Å². The van der Waals surface area contributed by atoms with Crippen molar-refractivity contribution in [2.45, 2.75) is 0 Å². The number of nitrogens with one attached hydrogen (secondary N) is 1. The van der Waals surface area contributed by atoms with E-state index in [-0.39, 0.29) is 11.9 Å². The number of rotatable bonds is 0. The summed E-state index contributed by atoms with van der Waals surface area (Å²) < 4.78 is 0. The maximum atomic E-state index is 5.07. The van der Waals surface area contributed by atoms with E-state index in [1.807, 2.05) is 0 Å². The zero-order chi connectivity index (χ0) is 10.6. The van der Waals surface area contributed by atoms with Crippen LogP contribution in [0.3, 0.4) is 0 Å². The quantitative estimate of drug-likeness (QED) is 0.205. The molecule has 0 aliphatic carbocycles. The van der Waals surface area contributed by atoms with Crippen molar-refractivity contribution in [1.82, 2.24) is 35.8 Å². The minimum Gasteiger partial charge on any atom is -0.365 e. The van der Waals surface area contributed by atoms with Crippen molar-refractivity contribution in [1.29, 1.82) is 0 Å². The maximum Gasteiger partial charge on any atom is 0.418 e. The molecule has 76 valence electrons. The van der Waals surface area contributed by atoms with Crippen molar-refractivity contribution in [2.24, 2.45) is 0 Å². The van der Waals surface area contributed by atoms with Gasteiger partial charge in [-0.1, -0.05) is 15.1 Å². The van der Waals surface area contributed by atoms with Gasteiger partial charge in [0, 0.05) is 0 Å². The third-order valence-electron chi connectivity index (χ3n) is 1.07. The van der Waals surface area contributed by atoms with Gasteiger partial charge in [-0.25, -0.2) is 0 Å². The van der Waals surface area contributed by atoms with Crippen LogP contribution in [0.4, 0.5) is 11.9 Å². The predicted octanol–water partition coefficient (Wildman–Crippen LogP) is -4.64. The summed E-state index contributed by atoms with van der Waals surface area (Å²) in [6, 6.07) is 0. The molecule has 12 nitrogen and oxygen atoms in total. The minimum absolute atomic E-state index is 0.111. The molecule has 9 N–H and O–H groups in total. The number of nitrogens with two attached hydrogens (primary N) is 4. The van der Waals surface area contributed by atoms with Gasteiger partial charge >= 0.3 is 5.95 Å². The Bertz CT molecular complexity index is 311. The molecule has 0 aliphatic heterocycles. The monoisotopic (exact) mass is 201 g/mol. The summed E-state index contributed by atoms with van der Waals surface area (Å²) in [5.74, 6) is 10.3. The van der Waals surface area contributed by atoms with Gasteiger partial charge in [0.05, 0.1) is 5.10 Å². The molecule has 0 atom stereocenters. The first-order chi connectivity index (χ1) is 6.61. The number of hydrogen-bond acceptors (Lipinski definition) is 9. The van der Waals surface area contributed by atoms with E-state index in [1.54, 1.807) is 0 Å². The molecule has 0 bridgehead atoms. The Hall–Kier alpha value is -2.66. The van der Waals surface area contributed by atoms with Gasteiger partial charge in [0.2, 0.25) is 0 Å². The van der Waals surface area contributed by atoms with E-state index in [9.17, 15) is 0 Å². The zero-order valence-electron chi connectivity index (χ0n) is 6.94. The summed E-state index contributed by atoms with van der Waals surface area (Å²) in [5.41, 5.74) is 10.1. The van der Waals surface area contributed by atoms with Crippen LogP contribution in [0.15, 0.2) is 0 Å². The predicted molar refractivity (Wildman–Crippen MR) is 43.5 cm³/mol. The molecule has 0 unspecified atom stereocenters. The Kier molecular flexibility index (Phi) is 2.58. The highest BCUT2D eigenvalue weighted by molar-refractivity contribution is 5.09. The number of aromatic nitrogens is 8. The highest BCUT2D eigenvalue weighted by atomic mass is 15.7. The fourth-order valence-electron chi connectivity index (χ4n) is 0.422. The minimum atomic E-state index is 0.111. The number of anilines is 2.